The molecule has 0 radical (unpaired) electrons. The van der Waals surface area contributed by atoms with Crippen molar-refractivity contribution >= 4 is 23.5 Å². The number of Topliss-reactive ketones (excluding diaryl/α,β-unsaturated/α-hetero) is 1. The number of nitrogens with zero attached hydrogens (tertiary/aromatic N) is 3. The number of aromatic nitrogens is 3. The van der Waals surface area contributed by atoms with Gasteiger partial charge in [0.2, 0.25) is 11.1 Å². The van der Waals surface area contributed by atoms with Crippen molar-refractivity contribution in [1.29, 1.82) is 0 Å². The molecule has 34 heavy (non-hydrogen) atoms. The largest absolute Gasteiger partial charge is 0.494 e. The lowest BCUT2D eigenvalue weighted by Crippen LogP contribution is -2.31. The van der Waals surface area contributed by atoms with E-state index < -0.39 is 0 Å². The number of carbonyl (C=O) groups is 1. The summed E-state index contributed by atoms with van der Waals surface area (Å²) in [6.45, 7) is 2.91. The monoisotopic (exact) mass is 474 g/mol. The van der Waals surface area contributed by atoms with Gasteiger partial charge in [0.1, 0.15) is 11.8 Å². The number of anilines is 1. The van der Waals surface area contributed by atoms with E-state index in [1.54, 1.807) is 11.8 Å². The van der Waals surface area contributed by atoms with Crippen LogP contribution in [-0.2, 0) is 10.5 Å². The van der Waals surface area contributed by atoms with Crippen LogP contribution in [0.3, 0.4) is 0 Å². The molecule has 6 nitrogen and oxygen atoms in total. The molecule has 0 fully saturated rings. The molecule has 3 aromatic rings. The average Bonchev–Trinajstić information content (AvgIpc) is 3.28. The molecule has 1 aliphatic carbocycles. The van der Waals surface area contributed by atoms with Crippen LogP contribution >= 0.6 is 11.8 Å². The number of ether oxygens (including phenoxy) is 1. The highest BCUT2D eigenvalue weighted by Crippen LogP contribution is 2.41. The molecule has 0 amide bonds. The molecule has 1 unspecified atom stereocenters. The zero-order chi connectivity index (χ0) is 23.3. The Labute approximate surface area is 204 Å². The van der Waals surface area contributed by atoms with E-state index in [1.807, 2.05) is 35.0 Å². The molecule has 0 spiro atoms. The smallest absolute Gasteiger partial charge is 0.227 e. The zero-order valence-corrected chi connectivity index (χ0v) is 20.3. The van der Waals surface area contributed by atoms with Gasteiger partial charge >= 0.3 is 0 Å². The molecule has 7 heteroatoms. The number of fused-ring (bicyclic) bond motifs is 1. The second kappa shape index (κ2) is 10.5. The van der Waals surface area contributed by atoms with Crippen molar-refractivity contribution in [3.63, 3.8) is 0 Å². The topological polar surface area (TPSA) is 69.0 Å². The molecule has 5 rings (SSSR count). The number of hydrogen-bond acceptors (Lipinski definition) is 6. The SMILES string of the molecule is CCCCCOc1ccc(C2C3=C(CCCC3=O)Nc3nc(SCc4ccccc4)nn32)cc1. The zero-order valence-electron chi connectivity index (χ0n) is 19.5. The Hall–Kier alpha value is -3.06. The number of ketones is 1. The van der Waals surface area contributed by atoms with E-state index in [-0.39, 0.29) is 11.8 Å². The second-order valence-corrected chi connectivity index (χ2v) is 9.70. The van der Waals surface area contributed by atoms with Crippen molar-refractivity contribution in [1.82, 2.24) is 14.8 Å². The van der Waals surface area contributed by atoms with Crippen LogP contribution < -0.4 is 10.1 Å². The first kappa shape index (κ1) is 22.7. The van der Waals surface area contributed by atoms with Gasteiger partial charge in [0.25, 0.3) is 0 Å². The number of hydrogen-bond donors (Lipinski definition) is 1. The standard InChI is InChI=1S/C27H30N4O2S/c1-2-3-7-17-33-21-15-13-20(14-16-21)25-24-22(11-8-12-23(24)32)28-26-29-27(30-31(25)26)34-18-19-9-5-4-6-10-19/h4-6,9-10,13-16,25H,2-3,7-8,11-12,17-18H2,1H3,(H,28,29,30). The number of thioether (sulfide) groups is 1. The van der Waals surface area contributed by atoms with Gasteiger partial charge in [-0.05, 0) is 42.5 Å². The Morgan fingerprint density at radius 3 is 2.71 bits per heavy atom. The van der Waals surface area contributed by atoms with Gasteiger partial charge < -0.3 is 10.1 Å². The maximum Gasteiger partial charge on any atom is 0.227 e. The molecule has 1 aliphatic heterocycles. The molecule has 1 aromatic heterocycles. The van der Waals surface area contributed by atoms with Crippen molar-refractivity contribution < 1.29 is 9.53 Å². The maximum atomic E-state index is 13.0. The van der Waals surface area contributed by atoms with Gasteiger partial charge in [-0.25, -0.2) is 4.68 Å². The molecular formula is C27H30N4O2S. The van der Waals surface area contributed by atoms with Crippen molar-refractivity contribution in [3.05, 3.63) is 77.0 Å². The fourth-order valence-corrected chi connectivity index (χ4v) is 5.30. The first-order valence-corrected chi connectivity index (χ1v) is 13.1. The maximum absolute atomic E-state index is 13.0. The molecule has 0 saturated carbocycles. The highest BCUT2D eigenvalue weighted by Gasteiger charge is 2.36. The molecular weight excluding hydrogens is 444 g/mol. The summed E-state index contributed by atoms with van der Waals surface area (Å²) >= 11 is 1.61. The summed E-state index contributed by atoms with van der Waals surface area (Å²) in [5.74, 6) is 2.55. The second-order valence-electron chi connectivity index (χ2n) is 8.76. The van der Waals surface area contributed by atoms with Crippen LogP contribution in [0.25, 0.3) is 0 Å². The van der Waals surface area contributed by atoms with Gasteiger partial charge in [-0.15, -0.1) is 5.10 Å². The van der Waals surface area contributed by atoms with Crippen LogP contribution in [0.4, 0.5) is 5.95 Å². The van der Waals surface area contributed by atoms with Gasteiger partial charge in [0, 0.05) is 23.4 Å². The minimum absolute atomic E-state index is 0.193. The predicted octanol–water partition coefficient (Wildman–Crippen LogP) is 6.16. The third-order valence-electron chi connectivity index (χ3n) is 6.27. The molecule has 2 aliphatic rings. The summed E-state index contributed by atoms with van der Waals surface area (Å²) in [5, 5.41) is 8.95. The Balaban J connectivity index is 1.41. The van der Waals surface area contributed by atoms with Crippen LogP contribution in [0.15, 0.2) is 71.0 Å². The summed E-state index contributed by atoms with van der Waals surface area (Å²) in [5.41, 5.74) is 4.06. The van der Waals surface area contributed by atoms with E-state index in [4.69, 9.17) is 14.8 Å². The molecule has 2 heterocycles. The number of unbranched alkanes of at least 4 members (excludes halogenated alkanes) is 2. The number of nitrogens with one attached hydrogen (secondary N) is 1. The molecule has 0 bridgehead atoms. The van der Waals surface area contributed by atoms with E-state index >= 15 is 0 Å². The number of allylic oxidation sites excluding steroid dienone is 2. The van der Waals surface area contributed by atoms with Crippen molar-refractivity contribution in [2.75, 3.05) is 11.9 Å². The fourth-order valence-electron chi connectivity index (χ4n) is 4.52. The van der Waals surface area contributed by atoms with Crippen LogP contribution in [-0.4, -0.2) is 27.2 Å². The highest BCUT2D eigenvalue weighted by atomic mass is 32.2. The summed E-state index contributed by atoms with van der Waals surface area (Å²) in [6.07, 6.45) is 5.71. The molecule has 1 atom stereocenters. The first-order valence-electron chi connectivity index (χ1n) is 12.1. The molecule has 2 aromatic carbocycles. The highest BCUT2D eigenvalue weighted by molar-refractivity contribution is 7.98. The number of rotatable bonds is 9. The Bertz CT molecular complexity index is 1170. The third kappa shape index (κ3) is 4.89. The summed E-state index contributed by atoms with van der Waals surface area (Å²) in [7, 11) is 0. The molecule has 176 valence electrons. The summed E-state index contributed by atoms with van der Waals surface area (Å²) in [4.78, 5) is 17.8. The van der Waals surface area contributed by atoms with Gasteiger partial charge in [-0.2, -0.15) is 4.98 Å². The van der Waals surface area contributed by atoms with E-state index in [9.17, 15) is 4.79 Å². The van der Waals surface area contributed by atoms with Gasteiger partial charge in [0.15, 0.2) is 5.78 Å². The normalized spacial score (nSPS) is 17.2. The Morgan fingerprint density at radius 1 is 1.09 bits per heavy atom. The van der Waals surface area contributed by atoms with E-state index in [0.29, 0.717) is 17.5 Å². The minimum Gasteiger partial charge on any atom is -0.494 e. The van der Waals surface area contributed by atoms with Crippen LogP contribution in [0, 0.1) is 0 Å². The fraction of sp³-hybridized carbons (Fsp3) is 0.370. The van der Waals surface area contributed by atoms with Crippen LogP contribution in [0.1, 0.15) is 62.6 Å². The van der Waals surface area contributed by atoms with Gasteiger partial charge in [-0.1, -0.05) is 74.0 Å². The molecule has 0 saturated heterocycles. The van der Waals surface area contributed by atoms with Gasteiger partial charge in [0.05, 0.1) is 6.61 Å². The van der Waals surface area contributed by atoms with E-state index in [0.717, 1.165) is 54.2 Å². The van der Waals surface area contributed by atoms with E-state index in [1.165, 1.54) is 18.4 Å². The van der Waals surface area contributed by atoms with Crippen LogP contribution in [0.2, 0.25) is 0 Å². The van der Waals surface area contributed by atoms with Crippen molar-refractivity contribution in [3.8, 4) is 5.75 Å². The lowest BCUT2D eigenvalue weighted by Gasteiger charge is -2.32. The van der Waals surface area contributed by atoms with Crippen molar-refractivity contribution in [2.24, 2.45) is 0 Å². The first-order chi connectivity index (χ1) is 16.7. The van der Waals surface area contributed by atoms with Gasteiger partial charge in [-0.3, -0.25) is 4.79 Å². The molecule has 1 N–H and O–H groups in total. The predicted molar refractivity (Wildman–Crippen MR) is 135 cm³/mol. The lowest BCUT2D eigenvalue weighted by molar-refractivity contribution is -0.116. The lowest BCUT2D eigenvalue weighted by atomic mass is 9.85. The Morgan fingerprint density at radius 2 is 1.91 bits per heavy atom. The summed E-state index contributed by atoms with van der Waals surface area (Å²) < 4.78 is 7.78. The quantitative estimate of drug-likeness (QED) is 0.296. The Kier molecular flexibility index (Phi) is 7.00. The van der Waals surface area contributed by atoms with Crippen LogP contribution in [0.5, 0.6) is 5.75 Å². The average molecular weight is 475 g/mol. The van der Waals surface area contributed by atoms with Crippen molar-refractivity contribution in [2.45, 2.75) is 62.4 Å². The number of benzene rings is 2. The summed E-state index contributed by atoms with van der Waals surface area (Å²) in [6, 6.07) is 18.2. The number of carbonyl (C=O) groups excluding carboxylic acids is 1. The third-order valence-corrected chi connectivity index (χ3v) is 7.18. The van der Waals surface area contributed by atoms with E-state index in [2.05, 4.69) is 36.5 Å². The minimum atomic E-state index is -0.272.